The molecule has 1 heterocycles. The zero-order chi connectivity index (χ0) is 21.3. The molecule has 0 aliphatic carbocycles. The molecule has 0 amide bonds. The number of carbonyl (C=O) groups excluding carboxylic acids is 1. The molecular formula is C24H19FN2O2S. The van der Waals surface area contributed by atoms with Crippen LogP contribution >= 0.6 is 11.8 Å². The lowest BCUT2D eigenvalue weighted by atomic mass is 10.1. The molecule has 4 nitrogen and oxygen atoms in total. The highest BCUT2D eigenvalue weighted by molar-refractivity contribution is 7.99. The van der Waals surface area contributed by atoms with Crippen LogP contribution in [0, 0.1) is 19.7 Å². The van der Waals surface area contributed by atoms with Crippen LogP contribution in [0.3, 0.4) is 0 Å². The van der Waals surface area contributed by atoms with Crippen LogP contribution in [0.25, 0.3) is 16.6 Å². The van der Waals surface area contributed by atoms with Gasteiger partial charge in [-0.25, -0.2) is 9.37 Å². The third-order valence-electron chi connectivity index (χ3n) is 4.86. The number of benzene rings is 3. The molecule has 30 heavy (non-hydrogen) atoms. The van der Waals surface area contributed by atoms with Crippen LogP contribution in [0.1, 0.15) is 21.5 Å². The van der Waals surface area contributed by atoms with E-state index < -0.39 is 5.82 Å². The summed E-state index contributed by atoms with van der Waals surface area (Å²) in [5.41, 5.74) is 3.04. The van der Waals surface area contributed by atoms with Crippen molar-refractivity contribution < 1.29 is 9.18 Å². The molecule has 0 saturated heterocycles. The van der Waals surface area contributed by atoms with E-state index in [0.717, 1.165) is 28.6 Å². The summed E-state index contributed by atoms with van der Waals surface area (Å²) in [7, 11) is 0. The first-order chi connectivity index (χ1) is 14.5. The second kappa shape index (κ2) is 8.24. The number of nitrogens with zero attached hydrogens (tertiary/aromatic N) is 2. The van der Waals surface area contributed by atoms with E-state index in [1.807, 2.05) is 38.1 Å². The Hall–Kier alpha value is -3.25. The van der Waals surface area contributed by atoms with Gasteiger partial charge in [-0.1, -0.05) is 48.2 Å². The van der Waals surface area contributed by atoms with Crippen molar-refractivity contribution in [1.82, 2.24) is 9.55 Å². The molecule has 4 aromatic rings. The van der Waals surface area contributed by atoms with Gasteiger partial charge in [0.2, 0.25) is 0 Å². The molecule has 150 valence electrons. The number of halogens is 1. The number of para-hydroxylation sites is 1. The summed E-state index contributed by atoms with van der Waals surface area (Å²) in [5.74, 6) is -0.939. The van der Waals surface area contributed by atoms with Gasteiger partial charge in [0.15, 0.2) is 10.9 Å². The molecule has 0 unspecified atom stereocenters. The molecule has 0 aliphatic rings. The second-order valence-corrected chi connectivity index (χ2v) is 7.98. The van der Waals surface area contributed by atoms with Crippen LogP contribution in [0.4, 0.5) is 4.39 Å². The molecule has 0 saturated carbocycles. The third kappa shape index (κ3) is 3.78. The molecule has 4 rings (SSSR count). The van der Waals surface area contributed by atoms with Crippen molar-refractivity contribution in [1.29, 1.82) is 0 Å². The van der Waals surface area contributed by atoms with E-state index in [4.69, 9.17) is 0 Å². The van der Waals surface area contributed by atoms with Crippen LogP contribution in [-0.2, 0) is 0 Å². The molecule has 0 aliphatic heterocycles. The van der Waals surface area contributed by atoms with Crippen molar-refractivity contribution in [3.8, 4) is 5.69 Å². The summed E-state index contributed by atoms with van der Waals surface area (Å²) in [4.78, 5) is 30.6. The SMILES string of the molecule is Cc1ccc(C)c(-n2c(SCC(=O)c3ccccc3F)nc3ccccc3c2=O)c1. The minimum atomic E-state index is -0.554. The van der Waals surface area contributed by atoms with Gasteiger partial charge in [-0.15, -0.1) is 0 Å². The maximum Gasteiger partial charge on any atom is 0.266 e. The molecule has 0 atom stereocenters. The third-order valence-corrected chi connectivity index (χ3v) is 5.80. The fraction of sp³-hybridized carbons (Fsp3) is 0.125. The average molecular weight is 418 g/mol. The number of rotatable bonds is 5. The maximum absolute atomic E-state index is 14.0. The molecular weight excluding hydrogens is 399 g/mol. The van der Waals surface area contributed by atoms with E-state index in [0.29, 0.717) is 16.1 Å². The monoisotopic (exact) mass is 418 g/mol. The molecule has 0 radical (unpaired) electrons. The molecule has 0 N–H and O–H groups in total. The number of fused-ring (bicyclic) bond motifs is 1. The smallest absolute Gasteiger partial charge is 0.266 e. The van der Waals surface area contributed by atoms with E-state index >= 15 is 0 Å². The lowest BCUT2D eigenvalue weighted by molar-refractivity contribution is 0.101. The van der Waals surface area contributed by atoms with Gasteiger partial charge in [0.05, 0.1) is 27.9 Å². The zero-order valence-electron chi connectivity index (χ0n) is 16.6. The van der Waals surface area contributed by atoms with Gasteiger partial charge in [-0.3, -0.25) is 14.2 Å². The highest BCUT2D eigenvalue weighted by Crippen LogP contribution is 2.25. The maximum atomic E-state index is 14.0. The van der Waals surface area contributed by atoms with E-state index in [9.17, 15) is 14.0 Å². The fourth-order valence-electron chi connectivity index (χ4n) is 3.28. The first kappa shape index (κ1) is 20.0. The van der Waals surface area contributed by atoms with Gasteiger partial charge in [-0.05, 0) is 55.3 Å². The van der Waals surface area contributed by atoms with Gasteiger partial charge >= 0.3 is 0 Å². The van der Waals surface area contributed by atoms with Gasteiger partial charge in [0.1, 0.15) is 5.82 Å². The molecule has 1 aromatic heterocycles. The molecule has 0 bridgehead atoms. The van der Waals surface area contributed by atoms with Gasteiger partial charge in [-0.2, -0.15) is 0 Å². The summed E-state index contributed by atoms with van der Waals surface area (Å²) >= 11 is 1.13. The van der Waals surface area contributed by atoms with Crippen molar-refractivity contribution >= 4 is 28.4 Å². The quantitative estimate of drug-likeness (QED) is 0.257. The number of aryl methyl sites for hydroxylation is 2. The highest BCUT2D eigenvalue weighted by Gasteiger charge is 2.18. The largest absolute Gasteiger partial charge is 0.293 e. The normalized spacial score (nSPS) is 11.0. The van der Waals surface area contributed by atoms with Gasteiger partial charge in [0, 0.05) is 0 Å². The summed E-state index contributed by atoms with van der Waals surface area (Å²) in [6, 6.07) is 18.9. The van der Waals surface area contributed by atoms with Crippen molar-refractivity contribution in [3.63, 3.8) is 0 Å². The Labute approximate surface area is 177 Å². The van der Waals surface area contributed by atoms with E-state index in [1.54, 1.807) is 34.9 Å². The number of thioether (sulfide) groups is 1. The summed E-state index contributed by atoms with van der Waals surface area (Å²) in [6.07, 6.45) is 0. The number of hydrogen-bond donors (Lipinski definition) is 0. The Morgan fingerprint density at radius 2 is 1.77 bits per heavy atom. The van der Waals surface area contributed by atoms with Crippen LogP contribution in [0.5, 0.6) is 0 Å². The average Bonchev–Trinajstić information content (AvgIpc) is 2.74. The zero-order valence-corrected chi connectivity index (χ0v) is 17.4. The van der Waals surface area contributed by atoms with Gasteiger partial charge < -0.3 is 0 Å². The first-order valence-corrected chi connectivity index (χ1v) is 10.4. The second-order valence-electron chi connectivity index (χ2n) is 7.03. The Kier molecular flexibility index (Phi) is 5.50. The van der Waals surface area contributed by atoms with E-state index in [2.05, 4.69) is 4.98 Å². The molecule has 6 heteroatoms. The van der Waals surface area contributed by atoms with Crippen LogP contribution in [0.15, 0.2) is 76.7 Å². The van der Waals surface area contributed by atoms with Crippen molar-refractivity contribution in [3.05, 3.63) is 99.6 Å². The van der Waals surface area contributed by atoms with Crippen LogP contribution < -0.4 is 5.56 Å². The Morgan fingerprint density at radius 1 is 1.03 bits per heavy atom. The van der Waals surface area contributed by atoms with Gasteiger partial charge in [0.25, 0.3) is 5.56 Å². The Balaban J connectivity index is 1.82. The van der Waals surface area contributed by atoms with Crippen molar-refractivity contribution in [2.45, 2.75) is 19.0 Å². The number of Topliss-reactive ketones (excluding diaryl/α,β-unsaturated/α-hetero) is 1. The summed E-state index contributed by atoms with van der Waals surface area (Å²) in [5, 5.41) is 0.903. The predicted molar refractivity (Wildman–Crippen MR) is 118 cm³/mol. The minimum absolute atomic E-state index is 0.0312. The number of ketones is 1. The predicted octanol–water partition coefficient (Wildman–Crippen LogP) is 5.12. The summed E-state index contributed by atoms with van der Waals surface area (Å²) < 4.78 is 15.5. The molecule has 3 aromatic carbocycles. The fourth-order valence-corrected chi connectivity index (χ4v) is 4.17. The Bertz CT molecular complexity index is 1330. The topological polar surface area (TPSA) is 52.0 Å². The standard InChI is InChI=1S/C24H19FN2O2S/c1-15-11-12-16(2)21(13-15)27-23(29)18-8-4-6-10-20(18)26-24(27)30-14-22(28)17-7-3-5-9-19(17)25/h3-13H,14H2,1-2H3. The van der Waals surface area contributed by atoms with E-state index in [-0.39, 0.29) is 22.7 Å². The number of aromatic nitrogens is 2. The lowest BCUT2D eigenvalue weighted by Gasteiger charge is -2.15. The molecule has 0 spiro atoms. The minimum Gasteiger partial charge on any atom is -0.293 e. The number of hydrogen-bond acceptors (Lipinski definition) is 4. The first-order valence-electron chi connectivity index (χ1n) is 9.45. The Morgan fingerprint density at radius 3 is 2.57 bits per heavy atom. The van der Waals surface area contributed by atoms with E-state index in [1.165, 1.54) is 12.1 Å². The van der Waals surface area contributed by atoms with Crippen molar-refractivity contribution in [2.24, 2.45) is 0 Å². The van der Waals surface area contributed by atoms with Crippen LogP contribution in [-0.4, -0.2) is 21.1 Å². The molecule has 0 fully saturated rings. The van der Waals surface area contributed by atoms with Crippen molar-refractivity contribution in [2.75, 3.05) is 5.75 Å². The lowest BCUT2D eigenvalue weighted by Crippen LogP contribution is -2.23. The van der Waals surface area contributed by atoms with Crippen LogP contribution in [0.2, 0.25) is 0 Å². The number of carbonyl (C=O) groups is 1. The highest BCUT2D eigenvalue weighted by atomic mass is 32.2. The summed E-state index contributed by atoms with van der Waals surface area (Å²) in [6.45, 7) is 3.88.